The Bertz CT molecular complexity index is 669. The molecule has 2 aromatic heterocycles. The zero-order valence-corrected chi connectivity index (χ0v) is 12.7. The number of nitrogens with zero attached hydrogens (tertiary/aromatic N) is 3. The Labute approximate surface area is 120 Å². The summed E-state index contributed by atoms with van der Waals surface area (Å²) in [4.78, 5) is 11.9. The molecule has 0 spiro atoms. The van der Waals surface area contributed by atoms with E-state index in [1.54, 1.807) is 16.4 Å². The van der Waals surface area contributed by atoms with Crippen LogP contribution in [0.2, 0.25) is 0 Å². The predicted molar refractivity (Wildman–Crippen MR) is 76.9 cm³/mol. The summed E-state index contributed by atoms with van der Waals surface area (Å²) in [5, 5.41) is 11.4. The van der Waals surface area contributed by atoms with E-state index in [0.29, 0.717) is 5.75 Å². The smallest absolute Gasteiger partial charge is 0.235 e. The summed E-state index contributed by atoms with van der Waals surface area (Å²) in [5.41, 5.74) is 3.87. The van der Waals surface area contributed by atoms with Crippen LogP contribution in [0.4, 0.5) is 5.82 Å². The lowest BCUT2D eigenvalue weighted by Crippen LogP contribution is -2.15. The van der Waals surface area contributed by atoms with Crippen molar-refractivity contribution >= 4 is 23.5 Å². The molecule has 0 radical (unpaired) electrons. The zero-order chi connectivity index (χ0) is 14.4. The Hall–Kier alpha value is -1.76. The van der Waals surface area contributed by atoms with Crippen molar-refractivity contribution in [3.63, 3.8) is 0 Å². The average molecular weight is 292 g/mol. The van der Waals surface area contributed by atoms with Crippen LogP contribution < -0.4 is 5.32 Å². The fourth-order valence-corrected chi connectivity index (χ4v) is 3.98. The second-order valence-electron chi connectivity index (χ2n) is 4.95. The molecule has 1 aliphatic rings. The highest BCUT2D eigenvalue weighted by Crippen LogP contribution is 2.44. The summed E-state index contributed by atoms with van der Waals surface area (Å²) in [6, 6.07) is 0. The summed E-state index contributed by atoms with van der Waals surface area (Å²) < 4.78 is 7.00. The molecule has 6 nitrogen and oxygen atoms in total. The van der Waals surface area contributed by atoms with Crippen molar-refractivity contribution in [1.29, 1.82) is 0 Å². The Kier molecular flexibility index (Phi) is 3.08. The lowest BCUT2D eigenvalue weighted by atomic mass is 10.0. The maximum atomic E-state index is 11.9. The third-order valence-electron chi connectivity index (χ3n) is 3.52. The number of hydrogen-bond acceptors (Lipinski definition) is 5. The van der Waals surface area contributed by atoms with Gasteiger partial charge in [0.05, 0.1) is 22.4 Å². The van der Waals surface area contributed by atoms with Crippen LogP contribution in [-0.2, 0) is 11.8 Å². The van der Waals surface area contributed by atoms with E-state index in [0.717, 1.165) is 34.1 Å². The molecule has 1 aliphatic heterocycles. The quantitative estimate of drug-likeness (QED) is 0.871. The molecular formula is C13H16N4O2S. The van der Waals surface area contributed by atoms with E-state index in [9.17, 15) is 4.79 Å². The first kappa shape index (κ1) is 13.2. The number of aryl methyl sites for hydroxylation is 4. The van der Waals surface area contributed by atoms with Crippen LogP contribution in [0, 0.1) is 20.8 Å². The molecule has 0 aromatic carbocycles. The van der Waals surface area contributed by atoms with Crippen molar-refractivity contribution in [2.24, 2.45) is 7.05 Å². The Balaban J connectivity index is 2.21. The standard InChI is InChI=1S/C13H16N4O2S/c1-6-11-12(10-7(2)16-19-8(10)3)20-5-9(18)14-13(11)17(4)15-6/h12H,5H2,1-4H3,(H,14,18)/t12-/m0/s1. The molecule has 3 rings (SSSR count). The normalized spacial score (nSPS) is 18.6. The minimum absolute atomic E-state index is 0.00601. The lowest BCUT2D eigenvalue weighted by Gasteiger charge is -2.14. The van der Waals surface area contributed by atoms with E-state index in [4.69, 9.17) is 4.52 Å². The largest absolute Gasteiger partial charge is 0.361 e. The van der Waals surface area contributed by atoms with Crippen molar-refractivity contribution in [2.45, 2.75) is 26.0 Å². The van der Waals surface area contributed by atoms with Gasteiger partial charge in [0.25, 0.3) is 0 Å². The van der Waals surface area contributed by atoms with Crippen LogP contribution in [0.5, 0.6) is 0 Å². The van der Waals surface area contributed by atoms with Gasteiger partial charge in [-0.2, -0.15) is 5.10 Å². The first-order valence-corrected chi connectivity index (χ1v) is 7.41. The highest BCUT2D eigenvalue weighted by atomic mass is 32.2. The van der Waals surface area contributed by atoms with Crippen LogP contribution in [0.1, 0.15) is 33.5 Å². The van der Waals surface area contributed by atoms with Gasteiger partial charge in [-0.15, -0.1) is 11.8 Å². The minimum atomic E-state index is -0.00601. The van der Waals surface area contributed by atoms with Crippen LogP contribution in [0.15, 0.2) is 4.52 Å². The molecule has 0 saturated heterocycles. The number of carbonyl (C=O) groups is 1. The number of amides is 1. The SMILES string of the molecule is Cc1noc(C)c1[C@@H]1SCC(=O)Nc2c1c(C)nn2C. The molecule has 1 atom stereocenters. The maximum absolute atomic E-state index is 11.9. The Morgan fingerprint density at radius 1 is 1.30 bits per heavy atom. The van der Waals surface area contributed by atoms with E-state index < -0.39 is 0 Å². The summed E-state index contributed by atoms with van der Waals surface area (Å²) in [6.07, 6.45) is 0. The number of thioether (sulfide) groups is 1. The molecule has 106 valence electrons. The van der Waals surface area contributed by atoms with Crippen LogP contribution >= 0.6 is 11.8 Å². The molecule has 7 heteroatoms. The van der Waals surface area contributed by atoms with Crippen molar-refractivity contribution in [3.05, 3.63) is 28.3 Å². The Morgan fingerprint density at radius 2 is 2.05 bits per heavy atom. The van der Waals surface area contributed by atoms with Crippen molar-refractivity contribution in [1.82, 2.24) is 14.9 Å². The second kappa shape index (κ2) is 4.66. The number of fused-ring (bicyclic) bond motifs is 1. The molecule has 20 heavy (non-hydrogen) atoms. The molecule has 3 heterocycles. The third-order valence-corrected chi connectivity index (χ3v) is 4.75. The third kappa shape index (κ3) is 1.93. The van der Waals surface area contributed by atoms with Gasteiger partial charge in [-0.3, -0.25) is 9.48 Å². The fourth-order valence-electron chi connectivity index (χ4n) is 2.64. The van der Waals surface area contributed by atoms with Gasteiger partial charge in [0.2, 0.25) is 5.91 Å². The van der Waals surface area contributed by atoms with Gasteiger partial charge in [-0.05, 0) is 20.8 Å². The maximum Gasteiger partial charge on any atom is 0.235 e. The number of hydrogen-bond donors (Lipinski definition) is 1. The van der Waals surface area contributed by atoms with Gasteiger partial charge in [-0.1, -0.05) is 5.16 Å². The molecule has 0 saturated carbocycles. The number of rotatable bonds is 1. The van der Waals surface area contributed by atoms with Crippen molar-refractivity contribution < 1.29 is 9.32 Å². The highest BCUT2D eigenvalue weighted by Gasteiger charge is 2.32. The summed E-state index contributed by atoms with van der Waals surface area (Å²) >= 11 is 1.58. The molecular weight excluding hydrogens is 276 g/mol. The average Bonchev–Trinajstić information content (AvgIpc) is 2.77. The summed E-state index contributed by atoms with van der Waals surface area (Å²) in [6.45, 7) is 5.79. The number of anilines is 1. The molecule has 0 fully saturated rings. The molecule has 2 aromatic rings. The summed E-state index contributed by atoms with van der Waals surface area (Å²) in [7, 11) is 1.84. The van der Waals surface area contributed by atoms with E-state index in [-0.39, 0.29) is 11.2 Å². The van der Waals surface area contributed by atoms with Crippen LogP contribution in [0.3, 0.4) is 0 Å². The molecule has 1 amide bonds. The van der Waals surface area contributed by atoms with Crippen molar-refractivity contribution in [2.75, 3.05) is 11.1 Å². The predicted octanol–water partition coefficient (Wildman–Crippen LogP) is 2.11. The van der Waals surface area contributed by atoms with E-state index in [2.05, 4.69) is 15.6 Å². The monoisotopic (exact) mass is 292 g/mol. The van der Waals surface area contributed by atoms with Gasteiger partial charge >= 0.3 is 0 Å². The van der Waals surface area contributed by atoms with Crippen LogP contribution in [-0.4, -0.2) is 26.6 Å². The number of aromatic nitrogens is 3. The second-order valence-corrected chi connectivity index (χ2v) is 6.04. The highest BCUT2D eigenvalue weighted by molar-refractivity contribution is 8.00. The minimum Gasteiger partial charge on any atom is -0.361 e. The van der Waals surface area contributed by atoms with Gasteiger partial charge in [0.1, 0.15) is 11.6 Å². The van der Waals surface area contributed by atoms with Crippen LogP contribution in [0.25, 0.3) is 0 Å². The van der Waals surface area contributed by atoms with Gasteiger partial charge in [0, 0.05) is 18.2 Å². The number of nitrogens with one attached hydrogen (secondary N) is 1. The molecule has 0 unspecified atom stereocenters. The lowest BCUT2D eigenvalue weighted by molar-refractivity contribution is -0.113. The first-order chi connectivity index (χ1) is 9.49. The van der Waals surface area contributed by atoms with Crippen molar-refractivity contribution in [3.8, 4) is 0 Å². The van der Waals surface area contributed by atoms with E-state index in [1.807, 2.05) is 27.8 Å². The fraction of sp³-hybridized carbons (Fsp3) is 0.462. The van der Waals surface area contributed by atoms with Gasteiger partial charge in [-0.25, -0.2) is 0 Å². The topological polar surface area (TPSA) is 73.0 Å². The van der Waals surface area contributed by atoms with Gasteiger partial charge < -0.3 is 9.84 Å². The zero-order valence-electron chi connectivity index (χ0n) is 11.9. The molecule has 0 bridgehead atoms. The molecule has 1 N–H and O–H groups in total. The van der Waals surface area contributed by atoms with E-state index in [1.165, 1.54) is 0 Å². The summed E-state index contributed by atoms with van der Waals surface area (Å²) in [5.74, 6) is 1.96. The first-order valence-electron chi connectivity index (χ1n) is 6.36. The molecule has 0 aliphatic carbocycles. The van der Waals surface area contributed by atoms with E-state index >= 15 is 0 Å². The number of carbonyl (C=O) groups excluding carboxylic acids is 1. The Morgan fingerprint density at radius 3 is 2.70 bits per heavy atom. The van der Waals surface area contributed by atoms with Gasteiger partial charge in [0.15, 0.2) is 0 Å².